The molecule has 1 heterocycles. The molecular formula is C15H19Cl2NO3. The number of ether oxygens (including phenoxy) is 2. The fourth-order valence-electron chi connectivity index (χ4n) is 2.63. The quantitative estimate of drug-likeness (QED) is 0.778. The number of alkyl halides is 1. The van der Waals surface area contributed by atoms with Crippen molar-refractivity contribution in [2.75, 3.05) is 19.6 Å². The Kier molecular flexibility index (Phi) is 5.73. The minimum atomic E-state index is -0.101. The number of rotatable bonds is 5. The summed E-state index contributed by atoms with van der Waals surface area (Å²) in [5.74, 6) is 0.525. The molecular weight excluding hydrogens is 313 g/mol. The van der Waals surface area contributed by atoms with E-state index in [0.29, 0.717) is 23.9 Å². The standard InChI is InChI=1S/C15H19Cl2NO3/c1-10-13(5-6-21-10)18(15(19)8-16)9-11-3-4-12(17)7-14(11)20-2/h3-4,7,10,13H,5-6,8-9H2,1-2H3/t10-,13-/m1/s1. The molecule has 1 amide bonds. The lowest BCUT2D eigenvalue weighted by molar-refractivity contribution is -0.132. The summed E-state index contributed by atoms with van der Waals surface area (Å²) in [6, 6.07) is 5.44. The Morgan fingerprint density at radius 1 is 1.52 bits per heavy atom. The van der Waals surface area contributed by atoms with Gasteiger partial charge in [0.25, 0.3) is 0 Å². The molecule has 1 aliphatic heterocycles. The molecule has 1 aromatic carbocycles. The third-order valence-corrected chi connectivity index (χ3v) is 4.22. The second-order valence-corrected chi connectivity index (χ2v) is 5.75. The van der Waals surface area contributed by atoms with Gasteiger partial charge in [-0.2, -0.15) is 0 Å². The van der Waals surface area contributed by atoms with Crippen LogP contribution in [0.15, 0.2) is 18.2 Å². The average molecular weight is 332 g/mol. The Balaban J connectivity index is 2.24. The van der Waals surface area contributed by atoms with E-state index in [1.807, 2.05) is 13.0 Å². The van der Waals surface area contributed by atoms with Crippen molar-refractivity contribution in [3.05, 3.63) is 28.8 Å². The molecule has 0 radical (unpaired) electrons. The van der Waals surface area contributed by atoms with Crippen LogP contribution in [0.1, 0.15) is 18.9 Å². The number of benzene rings is 1. The predicted molar refractivity (Wildman–Crippen MR) is 83.1 cm³/mol. The van der Waals surface area contributed by atoms with Crippen LogP contribution in [0, 0.1) is 0 Å². The number of amides is 1. The Labute approximate surface area is 134 Å². The van der Waals surface area contributed by atoms with Crippen LogP contribution in [0.2, 0.25) is 5.02 Å². The van der Waals surface area contributed by atoms with Gasteiger partial charge in [0.1, 0.15) is 11.6 Å². The van der Waals surface area contributed by atoms with Crippen molar-refractivity contribution in [3.63, 3.8) is 0 Å². The lowest BCUT2D eigenvalue weighted by Gasteiger charge is -2.31. The summed E-state index contributed by atoms with van der Waals surface area (Å²) in [5, 5.41) is 0.600. The molecule has 1 aliphatic rings. The van der Waals surface area contributed by atoms with E-state index in [0.717, 1.165) is 12.0 Å². The number of nitrogens with zero attached hydrogens (tertiary/aromatic N) is 1. The molecule has 116 valence electrons. The average Bonchev–Trinajstić information content (AvgIpc) is 2.91. The minimum absolute atomic E-state index is 0.00969. The van der Waals surface area contributed by atoms with Crippen molar-refractivity contribution in [2.45, 2.75) is 32.0 Å². The van der Waals surface area contributed by atoms with Crippen LogP contribution in [0.4, 0.5) is 0 Å². The summed E-state index contributed by atoms with van der Waals surface area (Å²) in [6.07, 6.45) is 0.829. The fourth-order valence-corrected chi connectivity index (χ4v) is 2.95. The van der Waals surface area contributed by atoms with Crippen molar-refractivity contribution in [2.24, 2.45) is 0 Å². The zero-order valence-electron chi connectivity index (χ0n) is 12.1. The summed E-state index contributed by atoms with van der Waals surface area (Å²) in [6.45, 7) is 3.07. The van der Waals surface area contributed by atoms with Gasteiger partial charge in [-0.15, -0.1) is 11.6 Å². The molecule has 4 nitrogen and oxygen atoms in total. The highest BCUT2D eigenvalue weighted by atomic mass is 35.5. The summed E-state index contributed by atoms with van der Waals surface area (Å²) in [7, 11) is 1.59. The minimum Gasteiger partial charge on any atom is -0.496 e. The molecule has 0 bridgehead atoms. The third-order valence-electron chi connectivity index (χ3n) is 3.76. The number of carbonyl (C=O) groups is 1. The number of halogens is 2. The van der Waals surface area contributed by atoms with Crippen LogP contribution >= 0.6 is 23.2 Å². The van der Waals surface area contributed by atoms with Crippen LogP contribution in [0.3, 0.4) is 0 Å². The first kappa shape index (κ1) is 16.4. The Hall–Kier alpha value is -0.970. The molecule has 0 N–H and O–H groups in total. The molecule has 0 saturated carbocycles. The first-order valence-corrected chi connectivity index (χ1v) is 7.77. The molecule has 2 rings (SSSR count). The second-order valence-electron chi connectivity index (χ2n) is 5.04. The highest BCUT2D eigenvalue weighted by Crippen LogP contribution is 2.28. The Bertz CT molecular complexity index is 510. The van der Waals surface area contributed by atoms with E-state index in [-0.39, 0.29) is 23.9 Å². The number of hydrogen-bond donors (Lipinski definition) is 0. The molecule has 1 aromatic rings. The molecule has 1 fully saturated rings. The van der Waals surface area contributed by atoms with Gasteiger partial charge < -0.3 is 14.4 Å². The van der Waals surface area contributed by atoms with Crippen LogP contribution in [0.5, 0.6) is 5.75 Å². The van der Waals surface area contributed by atoms with Crippen LogP contribution in [0.25, 0.3) is 0 Å². The van der Waals surface area contributed by atoms with E-state index in [2.05, 4.69) is 0 Å². The number of carbonyl (C=O) groups excluding carboxylic acids is 1. The first-order valence-electron chi connectivity index (χ1n) is 6.86. The highest BCUT2D eigenvalue weighted by molar-refractivity contribution is 6.30. The van der Waals surface area contributed by atoms with E-state index >= 15 is 0 Å². The molecule has 0 aliphatic carbocycles. The van der Waals surface area contributed by atoms with Crippen LogP contribution in [-0.4, -0.2) is 42.5 Å². The zero-order chi connectivity index (χ0) is 15.4. The maximum Gasteiger partial charge on any atom is 0.238 e. The molecule has 0 spiro atoms. The Morgan fingerprint density at radius 2 is 2.29 bits per heavy atom. The monoisotopic (exact) mass is 331 g/mol. The van der Waals surface area contributed by atoms with E-state index in [1.54, 1.807) is 24.1 Å². The third kappa shape index (κ3) is 3.82. The van der Waals surface area contributed by atoms with Gasteiger partial charge in [-0.05, 0) is 25.5 Å². The first-order chi connectivity index (χ1) is 10.1. The van der Waals surface area contributed by atoms with Gasteiger partial charge in [0.05, 0.1) is 19.3 Å². The SMILES string of the molecule is COc1cc(Cl)ccc1CN(C(=O)CCl)[C@@H]1CCO[C@@H]1C. The number of methoxy groups -OCH3 is 1. The lowest BCUT2D eigenvalue weighted by Crippen LogP contribution is -2.44. The summed E-state index contributed by atoms with van der Waals surface area (Å²) < 4.78 is 10.9. The summed E-state index contributed by atoms with van der Waals surface area (Å²) in [4.78, 5) is 14.0. The molecule has 21 heavy (non-hydrogen) atoms. The highest BCUT2D eigenvalue weighted by Gasteiger charge is 2.33. The van der Waals surface area contributed by atoms with Crippen molar-refractivity contribution < 1.29 is 14.3 Å². The van der Waals surface area contributed by atoms with Gasteiger partial charge in [0, 0.05) is 23.7 Å². The van der Waals surface area contributed by atoms with E-state index in [4.69, 9.17) is 32.7 Å². The van der Waals surface area contributed by atoms with Crippen LogP contribution < -0.4 is 4.74 Å². The van der Waals surface area contributed by atoms with E-state index in [1.165, 1.54) is 0 Å². The van der Waals surface area contributed by atoms with Crippen LogP contribution in [-0.2, 0) is 16.1 Å². The molecule has 1 saturated heterocycles. The largest absolute Gasteiger partial charge is 0.496 e. The fraction of sp³-hybridized carbons (Fsp3) is 0.533. The summed E-state index contributed by atoms with van der Waals surface area (Å²) in [5.41, 5.74) is 0.902. The zero-order valence-corrected chi connectivity index (χ0v) is 13.7. The van der Waals surface area contributed by atoms with Crippen molar-refractivity contribution in [1.82, 2.24) is 4.90 Å². The molecule has 6 heteroatoms. The van der Waals surface area contributed by atoms with Gasteiger partial charge in [-0.25, -0.2) is 0 Å². The maximum atomic E-state index is 12.2. The molecule has 2 atom stereocenters. The van der Waals surface area contributed by atoms with Crippen molar-refractivity contribution in [3.8, 4) is 5.75 Å². The van der Waals surface area contributed by atoms with E-state index in [9.17, 15) is 4.79 Å². The maximum absolute atomic E-state index is 12.2. The second kappa shape index (κ2) is 7.34. The van der Waals surface area contributed by atoms with Gasteiger partial charge in [0.2, 0.25) is 5.91 Å². The van der Waals surface area contributed by atoms with Gasteiger partial charge in [0.15, 0.2) is 0 Å². The Morgan fingerprint density at radius 3 is 2.86 bits per heavy atom. The molecule has 0 aromatic heterocycles. The van der Waals surface area contributed by atoms with E-state index < -0.39 is 0 Å². The van der Waals surface area contributed by atoms with Crippen molar-refractivity contribution in [1.29, 1.82) is 0 Å². The predicted octanol–water partition coefficient (Wildman–Crippen LogP) is 3.09. The lowest BCUT2D eigenvalue weighted by atomic mass is 10.1. The molecule has 0 unspecified atom stereocenters. The topological polar surface area (TPSA) is 38.8 Å². The smallest absolute Gasteiger partial charge is 0.238 e. The van der Waals surface area contributed by atoms with Gasteiger partial charge in [-0.1, -0.05) is 17.7 Å². The number of hydrogen-bond acceptors (Lipinski definition) is 3. The van der Waals surface area contributed by atoms with Gasteiger partial charge in [-0.3, -0.25) is 4.79 Å². The van der Waals surface area contributed by atoms with Crippen molar-refractivity contribution >= 4 is 29.1 Å². The normalized spacial score (nSPS) is 21.3. The van der Waals surface area contributed by atoms with Gasteiger partial charge >= 0.3 is 0 Å². The summed E-state index contributed by atoms with van der Waals surface area (Å²) >= 11 is 11.7.